The number of ether oxygens (including phenoxy) is 2. The van der Waals surface area contributed by atoms with Crippen LogP contribution in [-0.4, -0.2) is 42.9 Å². The minimum absolute atomic E-state index is 0.00422. The van der Waals surface area contributed by atoms with Crippen LogP contribution in [0.25, 0.3) is 0 Å². The molecule has 0 unspecified atom stereocenters. The van der Waals surface area contributed by atoms with Crippen molar-refractivity contribution < 1.29 is 14.6 Å². The molecule has 2 aliphatic rings. The van der Waals surface area contributed by atoms with Crippen molar-refractivity contribution in [2.45, 2.75) is 43.7 Å². The van der Waals surface area contributed by atoms with Gasteiger partial charge in [-0.3, -0.25) is 4.90 Å². The highest BCUT2D eigenvalue weighted by atomic mass is 16.5. The molecule has 1 saturated heterocycles. The van der Waals surface area contributed by atoms with Gasteiger partial charge in [0.05, 0.1) is 32.4 Å². The minimum Gasteiger partial charge on any atom is -0.497 e. The molecule has 1 heterocycles. The Bertz CT molecular complexity index is 628. The highest BCUT2D eigenvalue weighted by Gasteiger charge is 2.49. The van der Waals surface area contributed by atoms with Gasteiger partial charge in [0.25, 0.3) is 0 Å². The normalized spacial score (nSPS) is 30.2. The molecule has 1 aromatic carbocycles. The Kier molecular flexibility index (Phi) is 4.98. The molecule has 3 rings (SSSR count). The Morgan fingerprint density at radius 1 is 1.29 bits per heavy atom. The molecule has 5 nitrogen and oxygen atoms in total. The number of hydrogen-bond acceptors (Lipinski definition) is 5. The first-order valence-corrected chi connectivity index (χ1v) is 8.68. The summed E-state index contributed by atoms with van der Waals surface area (Å²) >= 11 is 0. The Morgan fingerprint density at radius 3 is 2.83 bits per heavy atom. The summed E-state index contributed by atoms with van der Waals surface area (Å²) in [4.78, 5) is 2.19. The molecule has 24 heavy (non-hydrogen) atoms. The maximum Gasteiger partial charge on any atom is 0.127 e. The smallest absolute Gasteiger partial charge is 0.127 e. The summed E-state index contributed by atoms with van der Waals surface area (Å²) in [5.74, 6) is 1.64. The standard InChI is InChI=1S/C19H26N2O3/c1-23-14-6-7-15(17(13-14)24-2)18-16-5-3-4-8-19(16,22)9-11-21(18)12-10-20/h6-7,13,16,18,22H,3-5,8-9,11-12H2,1-2H3/t16-,18+,19-/m1/s1. The summed E-state index contributed by atoms with van der Waals surface area (Å²) < 4.78 is 10.9. The maximum atomic E-state index is 11.2. The molecule has 1 saturated carbocycles. The Labute approximate surface area is 143 Å². The SMILES string of the molecule is COc1ccc([C@H]2[C@H]3CCCC[C@@]3(O)CCN2CC#N)c(OC)c1. The van der Waals surface area contributed by atoms with Crippen molar-refractivity contribution in [3.05, 3.63) is 23.8 Å². The average molecular weight is 330 g/mol. The van der Waals surface area contributed by atoms with Gasteiger partial charge in [-0.2, -0.15) is 5.26 Å². The molecule has 1 aliphatic heterocycles. The van der Waals surface area contributed by atoms with Gasteiger partial charge in [-0.25, -0.2) is 0 Å². The first-order valence-electron chi connectivity index (χ1n) is 8.68. The molecular weight excluding hydrogens is 304 g/mol. The molecule has 1 aromatic rings. The quantitative estimate of drug-likeness (QED) is 0.860. The van der Waals surface area contributed by atoms with E-state index < -0.39 is 5.60 Å². The zero-order valence-electron chi connectivity index (χ0n) is 14.5. The average Bonchev–Trinajstić information content (AvgIpc) is 2.61. The number of benzene rings is 1. The lowest BCUT2D eigenvalue weighted by molar-refractivity contribution is -0.122. The highest BCUT2D eigenvalue weighted by molar-refractivity contribution is 5.43. The van der Waals surface area contributed by atoms with E-state index in [2.05, 4.69) is 11.0 Å². The third-order valence-electron chi connectivity index (χ3n) is 5.70. The van der Waals surface area contributed by atoms with Gasteiger partial charge < -0.3 is 14.6 Å². The van der Waals surface area contributed by atoms with E-state index >= 15 is 0 Å². The first-order chi connectivity index (χ1) is 11.6. The molecule has 0 amide bonds. The van der Waals surface area contributed by atoms with Crippen LogP contribution in [0.2, 0.25) is 0 Å². The summed E-state index contributed by atoms with van der Waals surface area (Å²) in [6, 6.07) is 8.12. The van der Waals surface area contributed by atoms with E-state index in [0.29, 0.717) is 6.54 Å². The number of methoxy groups -OCH3 is 2. The fourth-order valence-electron chi connectivity index (χ4n) is 4.49. The molecule has 0 radical (unpaired) electrons. The van der Waals surface area contributed by atoms with E-state index in [1.54, 1.807) is 14.2 Å². The molecule has 1 aliphatic carbocycles. The van der Waals surface area contributed by atoms with E-state index in [0.717, 1.165) is 55.7 Å². The monoisotopic (exact) mass is 330 g/mol. The Hall–Kier alpha value is -1.77. The minimum atomic E-state index is -0.625. The predicted octanol–water partition coefficient (Wildman–Crippen LogP) is 2.90. The number of rotatable bonds is 4. The van der Waals surface area contributed by atoms with Crippen molar-refractivity contribution >= 4 is 0 Å². The van der Waals surface area contributed by atoms with Gasteiger partial charge >= 0.3 is 0 Å². The second-order valence-electron chi connectivity index (χ2n) is 6.89. The second kappa shape index (κ2) is 7.00. The van der Waals surface area contributed by atoms with Gasteiger partial charge in [0.15, 0.2) is 0 Å². The Balaban J connectivity index is 2.04. The molecule has 0 bridgehead atoms. The van der Waals surface area contributed by atoms with Crippen LogP contribution in [-0.2, 0) is 0 Å². The van der Waals surface area contributed by atoms with Crippen LogP contribution in [0.1, 0.15) is 43.7 Å². The summed E-state index contributed by atoms with van der Waals surface area (Å²) in [6.45, 7) is 1.10. The zero-order valence-corrected chi connectivity index (χ0v) is 14.5. The zero-order chi connectivity index (χ0) is 17.2. The van der Waals surface area contributed by atoms with Gasteiger partial charge in [0.1, 0.15) is 11.5 Å². The number of piperidine rings is 1. The van der Waals surface area contributed by atoms with E-state index in [1.165, 1.54) is 0 Å². The number of aliphatic hydroxyl groups is 1. The Morgan fingerprint density at radius 2 is 2.12 bits per heavy atom. The van der Waals surface area contributed by atoms with Crippen molar-refractivity contribution in [2.75, 3.05) is 27.3 Å². The van der Waals surface area contributed by atoms with Crippen molar-refractivity contribution in [2.24, 2.45) is 5.92 Å². The van der Waals surface area contributed by atoms with Crippen LogP contribution in [0.3, 0.4) is 0 Å². The van der Waals surface area contributed by atoms with Crippen LogP contribution in [0.5, 0.6) is 11.5 Å². The summed E-state index contributed by atoms with van der Waals surface area (Å²) in [6.07, 6.45) is 4.79. The number of likely N-dealkylation sites (tertiary alicyclic amines) is 1. The molecular formula is C19H26N2O3. The highest BCUT2D eigenvalue weighted by Crippen LogP contribution is 2.51. The predicted molar refractivity (Wildman–Crippen MR) is 91.0 cm³/mol. The molecule has 2 fully saturated rings. The number of nitrogens with zero attached hydrogens (tertiary/aromatic N) is 2. The van der Waals surface area contributed by atoms with E-state index in [1.807, 2.05) is 18.2 Å². The van der Waals surface area contributed by atoms with Gasteiger partial charge in [-0.1, -0.05) is 18.9 Å². The summed E-state index contributed by atoms with van der Waals surface area (Å²) in [5.41, 5.74) is 0.415. The van der Waals surface area contributed by atoms with Crippen LogP contribution in [0.15, 0.2) is 18.2 Å². The van der Waals surface area contributed by atoms with Crippen molar-refractivity contribution in [1.29, 1.82) is 5.26 Å². The van der Waals surface area contributed by atoms with Gasteiger partial charge in [-0.15, -0.1) is 0 Å². The van der Waals surface area contributed by atoms with E-state index in [-0.39, 0.29) is 12.0 Å². The lowest BCUT2D eigenvalue weighted by Gasteiger charge is -2.52. The number of nitriles is 1. The van der Waals surface area contributed by atoms with Crippen LogP contribution >= 0.6 is 0 Å². The topological polar surface area (TPSA) is 65.7 Å². The molecule has 5 heteroatoms. The number of fused-ring (bicyclic) bond motifs is 1. The first kappa shape index (κ1) is 17.1. The van der Waals surface area contributed by atoms with E-state index in [4.69, 9.17) is 9.47 Å². The molecule has 0 spiro atoms. The fourth-order valence-corrected chi connectivity index (χ4v) is 4.49. The summed E-state index contributed by atoms with van der Waals surface area (Å²) in [5, 5.41) is 20.4. The second-order valence-corrected chi connectivity index (χ2v) is 6.89. The molecule has 0 aromatic heterocycles. The lowest BCUT2D eigenvalue weighted by Crippen LogP contribution is -2.54. The molecule has 1 N–H and O–H groups in total. The maximum absolute atomic E-state index is 11.2. The van der Waals surface area contributed by atoms with Crippen LogP contribution in [0, 0.1) is 17.2 Å². The van der Waals surface area contributed by atoms with Crippen molar-refractivity contribution in [1.82, 2.24) is 4.90 Å². The fraction of sp³-hybridized carbons (Fsp3) is 0.632. The molecule has 3 atom stereocenters. The third-order valence-corrected chi connectivity index (χ3v) is 5.70. The van der Waals surface area contributed by atoms with Gasteiger partial charge in [-0.05, 0) is 25.3 Å². The summed E-state index contributed by atoms with van der Waals surface area (Å²) in [7, 11) is 3.29. The third kappa shape index (κ3) is 2.97. The van der Waals surface area contributed by atoms with Crippen molar-refractivity contribution in [3.8, 4) is 17.6 Å². The van der Waals surface area contributed by atoms with Gasteiger partial charge in [0, 0.05) is 30.1 Å². The lowest BCUT2D eigenvalue weighted by atomic mass is 9.66. The van der Waals surface area contributed by atoms with E-state index in [9.17, 15) is 10.4 Å². The molecule has 130 valence electrons. The largest absolute Gasteiger partial charge is 0.497 e. The van der Waals surface area contributed by atoms with Crippen LogP contribution in [0.4, 0.5) is 0 Å². The number of hydrogen-bond donors (Lipinski definition) is 1. The van der Waals surface area contributed by atoms with Gasteiger partial charge in [0.2, 0.25) is 0 Å². The van der Waals surface area contributed by atoms with Crippen LogP contribution < -0.4 is 9.47 Å². The van der Waals surface area contributed by atoms with Crippen molar-refractivity contribution in [3.63, 3.8) is 0 Å².